The third-order valence-corrected chi connectivity index (χ3v) is 2.27. The first-order valence-corrected chi connectivity index (χ1v) is 5.21. The maximum Gasteiger partial charge on any atom is 0.224 e. The number of aryl methyl sites for hydroxylation is 3. The summed E-state index contributed by atoms with van der Waals surface area (Å²) >= 11 is 5.78. The van der Waals surface area contributed by atoms with Gasteiger partial charge >= 0.3 is 0 Å². The third-order valence-electron chi connectivity index (χ3n) is 2.10. The van der Waals surface area contributed by atoms with E-state index in [0.29, 0.717) is 5.82 Å². The van der Waals surface area contributed by atoms with Gasteiger partial charge in [0.1, 0.15) is 5.82 Å². The van der Waals surface area contributed by atoms with E-state index in [4.69, 9.17) is 11.6 Å². The molecule has 0 bridgehead atoms. The molecule has 0 aromatic carbocycles. The molecule has 0 atom stereocenters. The van der Waals surface area contributed by atoms with Gasteiger partial charge < -0.3 is 5.32 Å². The molecule has 0 radical (unpaired) electrons. The van der Waals surface area contributed by atoms with Gasteiger partial charge in [-0.2, -0.15) is 5.10 Å². The second-order valence-corrected chi connectivity index (χ2v) is 3.93. The lowest BCUT2D eigenvalue weighted by atomic mass is 10.4. The van der Waals surface area contributed by atoms with Crippen molar-refractivity contribution in [1.29, 1.82) is 0 Å². The van der Waals surface area contributed by atoms with Gasteiger partial charge in [0, 0.05) is 25.0 Å². The van der Waals surface area contributed by atoms with Gasteiger partial charge in [-0.1, -0.05) is 0 Å². The summed E-state index contributed by atoms with van der Waals surface area (Å²) in [6.45, 7) is 3.80. The zero-order chi connectivity index (χ0) is 11.7. The Labute approximate surface area is 98.5 Å². The number of halogens is 1. The van der Waals surface area contributed by atoms with Crippen molar-refractivity contribution in [2.45, 2.75) is 13.8 Å². The van der Waals surface area contributed by atoms with Crippen LogP contribution in [0.2, 0.25) is 5.28 Å². The molecule has 0 aliphatic rings. The van der Waals surface area contributed by atoms with Crippen LogP contribution < -0.4 is 5.32 Å². The van der Waals surface area contributed by atoms with Gasteiger partial charge in [0.15, 0.2) is 0 Å². The maximum absolute atomic E-state index is 5.78. The minimum Gasteiger partial charge on any atom is -0.337 e. The van der Waals surface area contributed by atoms with Crippen LogP contribution in [0.4, 0.5) is 11.5 Å². The average molecular weight is 238 g/mol. The van der Waals surface area contributed by atoms with Crippen LogP contribution in [0.25, 0.3) is 0 Å². The van der Waals surface area contributed by atoms with Crippen LogP contribution in [-0.2, 0) is 7.05 Å². The van der Waals surface area contributed by atoms with E-state index in [-0.39, 0.29) is 5.28 Å². The first-order valence-electron chi connectivity index (χ1n) is 4.83. The van der Waals surface area contributed by atoms with Crippen LogP contribution in [-0.4, -0.2) is 19.7 Å². The number of nitrogens with one attached hydrogen (secondary N) is 1. The van der Waals surface area contributed by atoms with E-state index in [1.807, 2.05) is 33.2 Å². The molecule has 84 valence electrons. The first kappa shape index (κ1) is 10.9. The van der Waals surface area contributed by atoms with Crippen LogP contribution >= 0.6 is 11.6 Å². The zero-order valence-electron chi connectivity index (χ0n) is 9.32. The Balaban J connectivity index is 2.30. The molecule has 2 aromatic heterocycles. The summed E-state index contributed by atoms with van der Waals surface area (Å²) in [4.78, 5) is 8.08. The molecule has 0 fully saturated rings. The highest BCUT2D eigenvalue weighted by Gasteiger charge is 2.05. The number of rotatable bonds is 2. The second-order valence-electron chi connectivity index (χ2n) is 3.59. The number of hydrogen-bond acceptors (Lipinski definition) is 4. The fourth-order valence-electron chi connectivity index (χ4n) is 1.46. The Kier molecular flexibility index (Phi) is 2.78. The van der Waals surface area contributed by atoms with Gasteiger partial charge in [-0.3, -0.25) is 4.68 Å². The van der Waals surface area contributed by atoms with E-state index in [2.05, 4.69) is 20.4 Å². The van der Waals surface area contributed by atoms with Gasteiger partial charge in [0.05, 0.1) is 11.4 Å². The second kappa shape index (κ2) is 4.09. The molecule has 2 rings (SSSR count). The number of aromatic nitrogens is 4. The summed E-state index contributed by atoms with van der Waals surface area (Å²) in [7, 11) is 1.87. The molecule has 6 heteroatoms. The molecule has 0 saturated heterocycles. The minimum atomic E-state index is 0.240. The largest absolute Gasteiger partial charge is 0.337 e. The number of nitrogens with zero attached hydrogens (tertiary/aromatic N) is 4. The van der Waals surface area contributed by atoms with Crippen molar-refractivity contribution in [1.82, 2.24) is 19.7 Å². The first-order chi connectivity index (χ1) is 7.54. The van der Waals surface area contributed by atoms with Gasteiger partial charge in [0.25, 0.3) is 0 Å². The molecule has 16 heavy (non-hydrogen) atoms. The van der Waals surface area contributed by atoms with Crippen LogP contribution in [0, 0.1) is 13.8 Å². The Morgan fingerprint density at radius 2 is 2.06 bits per heavy atom. The molecule has 0 aliphatic heterocycles. The van der Waals surface area contributed by atoms with E-state index in [1.54, 1.807) is 4.68 Å². The topological polar surface area (TPSA) is 55.6 Å². The van der Waals surface area contributed by atoms with E-state index in [1.165, 1.54) is 0 Å². The summed E-state index contributed by atoms with van der Waals surface area (Å²) in [5.41, 5.74) is 2.65. The normalized spacial score (nSPS) is 10.5. The SMILES string of the molecule is Cc1cc(Nc2cn(C)nc2C)nc(Cl)n1. The van der Waals surface area contributed by atoms with Gasteiger partial charge in [-0.15, -0.1) is 0 Å². The summed E-state index contributed by atoms with van der Waals surface area (Å²) < 4.78 is 1.74. The molecule has 2 aromatic rings. The van der Waals surface area contributed by atoms with Crippen LogP contribution in [0.15, 0.2) is 12.3 Å². The van der Waals surface area contributed by atoms with Crippen molar-refractivity contribution in [3.05, 3.63) is 28.9 Å². The van der Waals surface area contributed by atoms with E-state index >= 15 is 0 Å². The van der Waals surface area contributed by atoms with Crippen LogP contribution in [0.1, 0.15) is 11.4 Å². The molecule has 0 amide bonds. The van der Waals surface area contributed by atoms with Crippen molar-refractivity contribution in [3.8, 4) is 0 Å². The molecule has 0 aliphatic carbocycles. The molecule has 2 heterocycles. The monoisotopic (exact) mass is 237 g/mol. The van der Waals surface area contributed by atoms with E-state index < -0.39 is 0 Å². The summed E-state index contributed by atoms with van der Waals surface area (Å²) in [5, 5.41) is 7.63. The van der Waals surface area contributed by atoms with Gasteiger partial charge in [-0.05, 0) is 25.4 Å². The zero-order valence-corrected chi connectivity index (χ0v) is 10.1. The Hall–Kier alpha value is -1.62. The van der Waals surface area contributed by atoms with Crippen molar-refractivity contribution in [2.75, 3.05) is 5.32 Å². The van der Waals surface area contributed by atoms with Gasteiger partial charge in [0.2, 0.25) is 5.28 Å². The van der Waals surface area contributed by atoms with E-state index in [0.717, 1.165) is 17.1 Å². The minimum absolute atomic E-state index is 0.240. The fraction of sp³-hybridized carbons (Fsp3) is 0.300. The lowest BCUT2D eigenvalue weighted by molar-refractivity contribution is 0.756. The third kappa shape index (κ3) is 2.30. The Morgan fingerprint density at radius 3 is 2.62 bits per heavy atom. The highest BCUT2D eigenvalue weighted by molar-refractivity contribution is 6.28. The Morgan fingerprint density at radius 1 is 1.31 bits per heavy atom. The highest BCUT2D eigenvalue weighted by atomic mass is 35.5. The summed E-state index contributed by atoms with van der Waals surface area (Å²) in [5.74, 6) is 0.675. The summed E-state index contributed by atoms with van der Waals surface area (Å²) in [6.07, 6.45) is 1.89. The molecule has 0 spiro atoms. The van der Waals surface area contributed by atoms with Crippen molar-refractivity contribution >= 4 is 23.1 Å². The molecule has 5 nitrogen and oxygen atoms in total. The number of anilines is 2. The average Bonchev–Trinajstić information content (AvgIpc) is 2.43. The molecule has 0 saturated carbocycles. The molecule has 1 N–H and O–H groups in total. The van der Waals surface area contributed by atoms with Crippen molar-refractivity contribution < 1.29 is 0 Å². The number of hydrogen-bond donors (Lipinski definition) is 1. The van der Waals surface area contributed by atoms with E-state index in [9.17, 15) is 0 Å². The van der Waals surface area contributed by atoms with Crippen LogP contribution in [0.5, 0.6) is 0 Å². The smallest absolute Gasteiger partial charge is 0.224 e. The van der Waals surface area contributed by atoms with Crippen molar-refractivity contribution in [3.63, 3.8) is 0 Å². The fourth-order valence-corrected chi connectivity index (χ4v) is 1.68. The highest BCUT2D eigenvalue weighted by Crippen LogP contribution is 2.18. The standard InChI is InChI=1S/C10H12ClN5/c1-6-4-9(14-10(11)12-6)13-8-5-16(3)15-7(8)2/h4-5H,1-3H3,(H,12,13,14). The van der Waals surface area contributed by atoms with Gasteiger partial charge in [-0.25, -0.2) is 9.97 Å². The van der Waals surface area contributed by atoms with Crippen LogP contribution in [0.3, 0.4) is 0 Å². The molecular formula is C10H12ClN5. The lowest BCUT2D eigenvalue weighted by Gasteiger charge is -2.04. The lowest BCUT2D eigenvalue weighted by Crippen LogP contribution is -1.97. The molecular weight excluding hydrogens is 226 g/mol. The maximum atomic E-state index is 5.78. The quantitative estimate of drug-likeness (QED) is 0.814. The predicted molar refractivity (Wildman–Crippen MR) is 63.0 cm³/mol. The Bertz CT molecular complexity index is 500. The summed E-state index contributed by atoms with van der Waals surface area (Å²) in [6, 6.07) is 1.83. The molecule has 0 unspecified atom stereocenters. The van der Waals surface area contributed by atoms with Crippen molar-refractivity contribution in [2.24, 2.45) is 7.05 Å². The predicted octanol–water partition coefficient (Wildman–Crippen LogP) is 2.22.